The van der Waals surface area contributed by atoms with Gasteiger partial charge in [0.15, 0.2) is 0 Å². The summed E-state index contributed by atoms with van der Waals surface area (Å²) < 4.78 is 5.58. The fourth-order valence-electron chi connectivity index (χ4n) is 3.32. The Labute approximate surface area is 136 Å². The number of nitrogens with one attached hydrogen (secondary N) is 1. The number of likely N-dealkylation sites (tertiary alicyclic amines) is 1. The van der Waals surface area contributed by atoms with Crippen molar-refractivity contribution >= 4 is 11.8 Å². The van der Waals surface area contributed by atoms with Crippen LogP contribution in [0, 0.1) is 0 Å². The van der Waals surface area contributed by atoms with Gasteiger partial charge in [-0.1, -0.05) is 6.07 Å². The molecule has 0 saturated carbocycles. The molecule has 2 aliphatic rings. The molecule has 2 saturated heterocycles. The van der Waals surface area contributed by atoms with Gasteiger partial charge >= 0.3 is 0 Å². The van der Waals surface area contributed by atoms with Crippen LogP contribution < -0.4 is 15.8 Å². The minimum absolute atomic E-state index is 0.130. The molecule has 6 nitrogen and oxygen atoms in total. The first-order valence-corrected chi connectivity index (χ1v) is 8.18. The Morgan fingerprint density at radius 2 is 2.09 bits per heavy atom. The molecular weight excluding hydrogens is 294 g/mol. The van der Waals surface area contributed by atoms with Crippen molar-refractivity contribution < 1.29 is 14.3 Å². The summed E-state index contributed by atoms with van der Waals surface area (Å²) in [5.74, 6) is 0.203. The van der Waals surface area contributed by atoms with E-state index in [1.807, 2.05) is 4.90 Å². The molecule has 2 amide bonds. The number of ether oxygens (including phenoxy) is 1. The Morgan fingerprint density at radius 1 is 1.26 bits per heavy atom. The minimum atomic E-state index is -0.487. The number of nitrogens with two attached hydrogens (primary N) is 1. The summed E-state index contributed by atoms with van der Waals surface area (Å²) in [6, 6.07) is 7.73. The lowest BCUT2D eigenvalue weighted by atomic mass is 10.1. The van der Waals surface area contributed by atoms with Gasteiger partial charge in [-0.25, -0.2) is 0 Å². The Hall–Kier alpha value is -2.08. The molecule has 3 N–H and O–H groups in total. The summed E-state index contributed by atoms with van der Waals surface area (Å²) in [5.41, 5.74) is 5.65. The zero-order valence-electron chi connectivity index (χ0n) is 13.2. The maximum absolute atomic E-state index is 12.3. The third-order valence-corrected chi connectivity index (χ3v) is 4.58. The molecule has 2 heterocycles. The Bertz CT molecular complexity index is 590. The van der Waals surface area contributed by atoms with Crippen molar-refractivity contribution in [2.24, 2.45) is 5.73 Å². The zero-order valence-corrected chi connectivity index (χ0v) is 13.2. The molecule has 0 radical (unpaired) electrons. The summed E-state index contributed by atoms with van der Waals surface area (Å²) in [6.07, 6.45) is 3.76. The molecule has 3 rings (SSSR count). The smallest absolute Gasteiger partial charge is 0.248 e. The molecular formula is C17H23N3O3. The van der Waals surface area contributed by atoms with Gasteiger partial charge in [-0.15, -0.1) is 0 Å². The fraction of sp³-hybridized carbons (Fsp3) is 0.529. The van der Waals surface area contributed by atoms with Crippen LogP contribution >= 0.6 is 0 Å². The van der Waals surface area contributed by atoms with Gasteiger partial charge in [0.05, 0.1) is 13.0 Å². The van der Waals surface area contributed by atoms with Gasteiger partial charge in [0.2, 0.25) is 11.8 Å². The van der Waals surface area contributed by atoms with Gasteiger partial charge in [0.25, 0.3) is 0 Å². The van der Waals surface area contributed by atoms with Gasteiger partial charge in [-0.3, -0.25) is 9.59 Å². The van der Waals surface area contributed by atoms with Crippen molar-refractivity contribution in [2.45, 2.75) is 37.8 Å². The van der Waals surface area contributed by atoms with Crippen molar-refractivity contribution in [1.29, 1.82) is 0 Å². The normalized spacial score (nSPS) is 23.4. The lowest BCUT2D eigenvalue weighted by Gasteiger charge is -2.24. The lowest BCUT2D eigenvalue weighted by molar-refractivity contribution is -0.131. The maximum atomic E-state index is 12.3. The van der Waals surface area contributed by atoms with Crippen LogP contribution in [-0.4, -0.2) is 48.5 Å². The average Bonchev–Trinajstić information content (AvgIpc) is 2.86. The number of hydrogen-bond acceptors (Lipinski definition) is 4. The molecule has 2 fully saturated rings. The number of carbonyl (C=O) groups excluding carboxylic acids is 2. The van der Waals surface area contributed by atoms with E-state index in [0.29, 0.717) is 36.4 Å². The van der Waals surface area contributed by atoms with E-state index in [2.05, 4.69) is 5.32 Å². The van der Waals surface area contributed by atoms with E-state index in [1.165, 1.54) is 6.42 Å². The molecule has 0 aromatic heterocycles. The highest BCUT2D eigenvalue weighted by Gasteiger charge is 2.30. The first-order chi connectivity index (χ1) is 11.1. The minimum Gasteiger partial charge on any atom is -0.493 e. The van der Waals surface area contributed by atoms with E-state index in [-0.39, 0.29) is 5.91 Å². The Morgan fingerprint density at radius 3 is 2.91 bits per heavy atom. The van der Waals surface area contributed by atoms with Crippen molar-refractivity contribution in [3.63, 3.8) is 0 Å². The van der Waals surface area contributed by atoms with E-state index >= 15 is 0 Å². The lowest BCUT2D eigenvalue weighted by Crippen LogP contribution is -2.39. The number of primary amides is 1. The first-order valence-electron chi connectivity index (χ1n) is 8.18. The molecule has 2 atom stereocenters. The van der Waals surface area contributed by atoms with Crippen molar-refractivity contribution in [1.82, 2.24) is 10.2 Å². The monoisotopic (exact) mass is 317 g/mol. The molecule has 1 aromatic carbocycles. The molecule has 6 heteroatoms. The van der Waals surface area contributed by atoms with E-state index in [4.69, 9.17) is 10.5 Å². The first kappa shape index (κ1) is 15.8. The number of rotatable bonds is 5. The van der Waals surface area contributed by atoms with E-state index < -0.39 is 5.91 Å². The van der Waals surface area contributed by atoms with Crippen LogP contribution in [0.1, 0.15) is 36.0 Å². The predicted molar refractivity (Wildman–Crippen MR) is 86.2 cm³/mol. The van der Waals surface area contributed by atoms with Gasteiger partial charge in [-0.2, -0.15) is 0 Å². The quantitative estimate of drug-likeness (QED) is 0.845. The standard InChI is InChI=1S/C17H23N3O3/c18-17(22)12-2-1-3-15(10-12)23-9-7-16(21)20-8-6-13-4-5-14(11-20)19-13/h1-3,10,13-14,19H,4-9,11H2,(H2,18,22). The molecule has 0 aliphatic carbocycles. The SMILES string of the molecule is NC(=O)c1cccc(OCCC(=O)N2CCC3CCC(C2)N3)c1. The highest BCUT2D eigenvalue weighted by atomic mass is 16.5. The highest BCUT2D eigenvalue weighted by Crippen LogP contribution is 2.21. The van der Waals surface area contributed by atoms with Crippen LogP contribution in [0.2, 0.25) is 0 Å². The topological polar surface area (TPSA) is 84.7 Å². The largest absolute Gasteiger partial charge is 0.493 e. The maximum Gasteiger partial charge on any atom is 0.248 e. The molecule has 0 spiro atoms. The second-order valence-electron chi connectivity index (χ2n) is 6.26. The molecule has 2 bridgehead atoms. The second kappa shape index (κ2) is 7.00. The number of amides is 2. The number of nitrogens with zero attached hydrogens (tertiary/aromatic N) is 1. The molecule has 2 aliphatic heterocycles. The second-order valence-corrected chi connectivity index (χ2v) is 6.26. The summed E-state index contributed by atoms with van der Waals surface area (Å²) in [5, 5.41) is 3.57. The number of benzene rings is 1. The van der Waals surface area contributed by atoms with Crippen LogP contribution in [-0.2, 0) is 4.79 Å². The molecule has 2 unspecified atom stereocenters. The third-order valence-electron chi connectivity index (χ3n) is 4.58. The predicted octanol–water partition coefficient (Wildman–Crippen LogP) is 0.907. The van der Waals surface area contributed by atoms with Crippen molar-refractivity contribution in [3.8, 4) is 5.75 Å². The third kappa shape index (κ3) is 4.01. The molecule has 124 valence electrons. The van der Waals surface area contributed by atoms with E-state index in [0.717, 1.165) is 25.9 Å². The summed E-state index contributed by atoms with van der Waals surface area (Å²) in [6.45, 7) is 1.93. The van der Waals surface area contributed by atoms with E-state index in [9.17, 15) is 9.59 Å². The van der Waals surface area contributed by atoms with Crippen LogP contribution in [0.5, 0.6) is 5.75 Å². The van der Waals surface area contributed by atoms with Crippen molar-refractivity contribution in [3.05, 3.63) is 29.8 Å². The zero-order chi connectivity index (χ0) is 16.2. The van der Waals surface area contributed by atoms with Crippen LogP contribution in [0.4, 0.5) is 0 Å². The summed E-state index contributed by atoms with van der Waals surface area (Å²) in [4.78, 5) is 25.4. The van der Waals surface area contributed by atoms with Gasteiger partial charge in [0.1, 0.15) is 5.75 Å². The van der Waals surface area contributed by atoms with Crippen LogP contribution in [0.15, 0.2) is 24.3 Å². The van der Waals surface area contributed by atoms with Crippen molar-refractivity contribution in [2.75, 3.05) is 19.7 Å². The van der Waals surface area contributed by atoms with Gasteiger partial charge in [0, 0.05) is 30.7 Å². The molecule has 1 aromatic rings. The Balaban J connectivity index is 1.47. The molecule has 23 heavy (non-hydrogen) atoms. The van der Waals surface area contributed by atoms with Crippen LogP contribution in [0.25, 0.3) is 0 Å². The van der Waals surface area contributed by atoms with E-state index in [1.54, 1.807) is 24.3 Å². The van der Waals surface area contributed by atoms with Crippen LogP contribution in [0.3, 0.4) is 0 Å². The van der Waals surface area contributed by atoms with Gasteiger partial charge in [-0.05, 0) is 37.5 Å². The number of fused-ring (bicyclic) bond motifs is 2. The fourth-order valence-corrected chi connectivity index (χ4v) is 3.32. The Kier molecular flexibility index (Phi) is 4.81. The number of carbonyl (C=O) groups is 2. The summed E-state index contributed by atoms with van der Waals surface area (Å²) in [7, 11) is 0. The average molecular weight is 317 g/mol. The number of hydrogen-bond donors (Lipinski definition) is 2. The highest BCUT2D eigenvalue weighted by molar-refractivity contribution is 5.93. The van der Waals surface area contributed by atoms with Gasteiger partial charge < -0.3 is 20.7 Å². The summed E-state index contributed by atoms with van der Waals surface area (Å²) >= 11 is 0.